The van der Waals surface area contributed by atoms with E-state index in [9.17, 15) is 4.79 Å². The Bertz CT molecular complexity index is 1500. The molecule has 0 saturated carbocycles. The van der Waals surface area contributed by atoms with Crippen molar-refractivity contribution in [3.05, 3.63) is 99.4 Å². The minimum atomic E-state index is -0.283. The molecule has 0 saturated heterocycles. The van der Waals surface area contributed by atoms with Crippen LogP contribution in [0.15, 0.2) is 83.1 Å². The third kappa shape index (κ3) is 3.97. The first-order valence-electron chi connectivity index (χ1n) is 10.4. The number of aromatic nitrogens is 3. The number of rotatable bonds is 5. The van der Waals surface area contributed by atoms with Crippen molar-refractivity contribution in [1.29, 1.82) is 0 Å². The number of nitrogens with one attached hydrogen (secondary N) is 1. The second-order valence-electron chi connectivity index (χ2n) is 7.58. The molecule has 0 fully saturated rings. The largest absolute Gasteiger partial charge is 0.368 e. The molecule has 3 heterocycles. The summed E-state index contributed by atoms with van der Waals surface area (Å²) in [4.78, 5) is 23.3. The molecule has 8 heteroatoms. The molecule has 2 aromatic carbocycles. The molecule has 0 bridgehead atoms. The summed E-state index contributed by atoms with van der Waals surface area (Å²) in [5.74, 6) is 0.784. The standard InChI is InChI=1S/C25H20ClN5OS/c1-15(29-23-18(14-28-25(27)30-23)21-11-6-12-33-21)20-13-16-7-5-10-19(26)22(16)24(32)31(20)17-8-3-2-4-9-17/h2-15H,1H3,(H3,27,28,29,30). The van der Waals surface area contributed by atoms with Crippen molar-refractivity contribution >= 4 is 45.5 Å². The first kappa shape index (κ1) is 21.2. The molecule has 0 aliphatic carbocycles. The van der Waals surface area contributed by atoms with E-state index in [1.165, 1.54) is 0 Å². The minimum Gasteiger partial charge on any atom is -0.368 e. The zero-order valence-corrected chi connectivity index (χ0v) is 19.3. The van der Waals surface area contributed by atoms with Gasteiger partial charge in [-0.2, -0.15) is 4.98 Å². The van der Waals surface area contributed by atoms with Crippen molar-refractivity contribution in [1.82, 2.24) is 14.5 Å². The monoisotopic (exact) mass is 473 g/mol. The topological polar surface area (TPSA) is 85.8 Å². The smallest absolute Gasteiger partial charge is 0.264 e. The van der Waals surface area contributed by atoms with E-state index < -0.39 is 0 Å². The zero-order valence-electron chi connectivity index (χ0n) is 17.7. The Balaban J connectivity index is 1.68. The Labute approximate surface area is 199 Å². The van der Waals surface area contributed by atoms with E-state index in [0.717, 1.165) is 27.2 Å². The van der Waals surface area contributed by atoms with Crippen LogP contribution < -0.4 is 16.6 Å². The average Bonchev–Trinajstić information content (AvgIpc) is 3.34. The van der Waals surface area contributed by atoms with Crippen molar-refractivity contribution in [3.63, 3.8) is 0 Å². The van der Waals surface area contributed by atoms with E-state index in [0.29, 0.717) is 16.2 Å². The maximum atomic E-state index is 13.6. The number of fused-ring (bicyclic) bond motifs is 1. The molecule has 164 valence electrons. The van der Waals surface area contributed by atoms with E-state index in [2.05, 4.69) is 15.3 Å². The van der Waals surface area contributed by atoms with E-state index in [1.807, 2.05) is 73.0 Å². The number of pyridine rings is 1. The van der Waals surface area contributed by atoms with Gasteiger partial charge in [0.1, 0.15) is 5.82 Å². The Morgan fingerprint density at radius 1 is 1.09 bits per heavy atom. The molecule has 0 radical (unpaired) electrons. The van der Waals surface area contributed by atoms with Gasteiger partial charge in [0.2, 0.25) is 5.95 Å². The van der Waals surface area contributed by atoms with Crippen LogP contribution in [0, 0.1) is 0 Å². The number of benzene rings is 2. The van der Waals surface area contributed by atoms with E-state index >= 15 is 0 Å². The highest BCUT2D eigenvalue weighted by molar-refractivity contribution is 7.13. The van der Waals surface area contributed by atoms with Gasteiger partial charge in [-0.1, -0.05) is 48.0 Å². The maximum absolute atomic E-state index is 13.6. The van der Waals surface area contributed by atoms with Crippen molar-refractivity contribution in [2.45, 2.75) is 13.0 Å². The van der Waals surface area contributed by atoms with Crippen LogP contribution in [0.25, 0.3) is 26.9 Å². The van der Waals surface area contributed by atoms with Gasteiger partial charge < -0.3 is 11.1 Å². The predicted molar refractivity (Wildman–Crippen MR) is 136 cm³/mol. The number of thiophene rings is 1. The number of anilines is 2. The molecule has 6 nitrogen and oxygen atoms in total. The van der Waals surface area contributed by atoms with Gasteiger partial charge in [-0.05, 0) is 48.0 Å². The number of para-hydroxylation sites is 1. The van der Waals surface area contributed by atoms with E-state index in [4.69, 9.17) is 17.3 Å². The molecule has 0 aliphatic heterocycles. The van der Waals surface area contributed by atoms with Gasteiger partial charge >= 0.3 is 0 Å². The highest BCUT2D eigenvalue weighted by Crippen LogP contribution is 2.33. The SMILES string of the molecule is CC(Nc1nc(N)ncc1-c1cccs1)c1cc2cccc(Cl)c2c(=O)n1-c1ccccc1. The normalized spacial score (nSPS) is 12.1. The Kier molecular flexibility index (Phi) is 5.58. The van der Waals surface area contributed by atoms with Gasteiger partial charge in [0, 0.05) is 22.5 Å². The molecule has 33 heavy (non-hydrogen) atoms. The van der Waals surface area contributed by atoms with Crippen LogP contribution >= 0.6 is 22.9 Å². The van der Waals surface area contributed by atoms with Gasteiger partial charge in [0.15, 0.2) is 0 Å². The van der Waals surface area contributed by atoms with Crippen LogP contribution in [0.1, 0.15) is 18.7 Å². The zero-order chi connectivity index (χ0) is 22.9. The molecular weight excluding hydrogens is 454 g/mol. The second-order valence-corrected chi connectivity index (χ2v) is 8.94. The molecule has 3 N–H and O–H groups in total. The summed E-state index contributed by atoms with van der Waals surface area (Å²) in [6.07, 6.45) is 1.72. The minimum absolute atomic E-state index is 0.173. The van der Waals surface area contributed by atoms with Crippen LogP contribution in [0.5, 0.6) is 0 Å². The van der Waals surface area contributed by atoms with Crippen molar-refractivity contribution in [2.75, 3.05) is 11.1 Å². The third-order valence-electron chi connectivity index (χ3n) is 5.43. The summed E-state index contributed by atoms with van der Waals surface area (Å²) in [5.41, 5.74) is 8.11. The van der Waals surface area contributed by atoms with Crippen LogP contribution in [-0.2, 0) is 0 Å². The molecular formula is C25H20ClN5OS. The summed E-state index contributed by atoms with van der Waals surface area (Å²) in [6.45, 7) is 1.99. The van der Waals surface area contributed by atoms with Crippen molar-refractivity contribution in [2.24, 2.45) is 0 Å². The Morgan fingerprint density at radius 2 is 1.91 bits per heavy atom. The van der Waals surface area contributed by atoms with E-state index in [-0.39, 0.29) is 17.5 Å². The van der Waals surface area contributed by atoms with Crippen LogP contribution in [0.4, 0.5) is 11.8 Å². The molecule has 3 aromatic heterocycles. The second kappa shape index (κ2) is 8.69. The van der Waals surface area contributed by atoms with Gasteiger partial charge in [0.25, 0.3) is 5.56 Å². The fourth-order valence-corrected chi connectivity index (χ4v) is 4.90. The number of nitrogen functional groups attached to an aromatic ring is 1. The highest BCUT2D eigenvalue weighted by Gasteiger charge is 2.20. The summed E-state index contributed by atoms with van der Waals surface area (Å²) in [7, 11) is 0. The molecule has 0 amide bonds. The number of halogens is 1. The summed E-state index contributed by atoms with van der Waals surface area (Å²) in [5, 5.41) is 7.15. The van der Waals surface area contributed by atoms with Gasteiger partial charge in [-0.3, -0.25) is 9.36 Å². The highest BCUT2D eigenvalue weighted by atomic mass is 35.5. The van der Waals surface area contributed by atoms with Gasteiger partial charge in [-0.25, -0.2) is 4.98 Å². The van der Waals surface area contributed by atoms with Crippen LogP contribution in [0.2, 0.25) is 5.02 Å². The van der Waals surface area contributed by atoms with E-state index in [1.54, 1.807) is 28.2 Å². The number of nitrogens with two attached hydrogens (primary N) is 1. The maximum Gasteiger partial charge on any atom is 0.264 e. The fourth-order valence-electron chi connectivity index (χ4n) is 3.90. The Hall–Kier alpha value is -3.68. The molecule has 5 aromatic rings. The average molecular weight is 474 g/mol. The first-order valence-corrected chi connectivity index (χ1v) is 11.6. The lowest BCUT2D eigenvalue weighted by atomic mass is 10.1. The quantitative estimate of drug-likeness (QED) is 0.331. The lowest BCUT2D eigenvalue weighted by molar-refractivity contribution is 0.773. The molecule has 0 spiro atoms. The summed E-state index contributed by atoms with van der Waals surface area (Å²) in [6, 6.07) is 20.7. The number of hydrogen-bond acceptors (Lipinski definition) is 6. The summed E-state index contributed by atoms with van der Waals surface area (Å²) < 4.78 is 1.70. The lowest BCUT2D eigenvalue weighted by Gasteiger charge is -2.22. The van der Waals surface area contributed by atoms with Crippen LogP contribution in [-0.4, -0.2) is 14.5 Å². The fraction of sp³-hybridized carbons (Fsp3) is 0.0800. The van der Waals surface area contributed by atoms with Crippen molar-refractivity contribution < 1.29 is 0 Å². The lowest BCUT2D eigenvalue weighted by Crippen LogP contribution is -2.26. The van der Waals surface area contributed by atoms with Crippen molar-refractivity contribution in [3.8, 4) is 16.1 Å². The molecule has 5 rings (SSSR count). The van der Waals surface area contributed by atoms with Crippen LogP contribution in [0.3, 0.4) is 0 Å². The van der Waals surface area contributed by atoms with Gasteiger partial charge in [-0.15, -0.1) is 11.3 Å². The van der Waals surface area contributed by atoms with Gasteiger partial charge in [0.05, 0.1) is 22.0 Å². The number of hydrogen-bond donors (Lipinski definition) is 2. The Morgan fingerprint density at radius 3 is 2.67 bits per heavy atom. The summed E-state index contributed by atoms with van der Waals surface area (Å²) >= 11 is 8.01. The predicted octanol–water partition coefficient (Wildman–Crippen LogP) is 5.92. The number of nitrogens with zero attached hydrogens (tertiary/aromatic N) is 3. The molecule has 1 atom stereocenters. The molecule has 0 aliphatic rings. The molecule has 1 unspecified atom stereocenters. The third-order valence-corrected chi connectivity index (χ3v) is 6.65. The first-order chi connectivity index (χ1) is 16.0.